The van der Waals surface area contributed by atoms with Crippen molar-refractivity contribution in [2.24, 2.45) is 17.3 Å². The summed E-state index contributed by atoms with van der Waals surface area (Å²) in [5.41, 5.74) is -0.620. The fraction of sp³-hybridized carbons (Fsp3) is 0.647. The Labute approximate surface area is 257 Å². The molecule has 4 heterocycles. The third-order valence-electron chi connectivity index (χ3n) is 10.6. The van der Waals surface area contributed by atoms with Crippen LogP contribution < -0.4 is 4.74 Å². The molecule has 4 aliphatic heterocycles. The van der Waals surface area contributed by atoms with E-state index in [-0.39, 0.29) is 24.9 Å². The zero-order chi connectivity index (χ0) is 31.2. The molecule has 7 rings (SSSR count). The van der Waals surface area contributed by atoms with E-state index in [0.29, 0.717) is 12.2 Å². The molecule has 238 valence electrons. The van der Waals surface area contributed by atoms with Crippen LogP contribution in [0.4, 0.5) is 0 Å². The van der Waals surface area contributed by atoms with Crippen LogP contribution in [0.15, 0.2) is 43.5 Å². The minimum absolute atomic E-state index is 0.125. The molecule has 1 unspecified atom stereocenters. The van der Waals surface area contributed by atoms with Crippen molar-refractivity contribution in [2.45, 2.75) is 107 Å². The highest BCUT2D eigenvalue weighted by atomic mass is 16.9. The van der Waals surface area contributed by atoms with E-state index in [1.165, 1.54) is 0 Å². The van der Waals surface area contributed by atoms with E-state index in [4.69, 9.17) is 37.9 Å². The second-order valence-corrected chi connectivity index (χ2v) is 13.9. The van der Waals surface area contributed by atoms with Gasteiger partial charge in [-0.1, -0.05) is 18.2 Å². The first-order valence-electron chi connectivity index (χ1n) is 15.6. The lowest BCUT2D eigenvalue weighted by molar-refractivity contribution is -0.237. The third-order valence-corrected chi connectivity index (χ3v) is 10.6. The van der Waals surface area contributed by atoms with Crippen LogP contribution >= 0.6 is 0 Å². The van der Waals surface area contributed by atoms with Crippen LogP contribution in [0, 0.1) is 17.3 Å². The number of methoxy groups -OCH3 is 1. The molecule has 0 aromatic heterocycles. The normalized spacial score (nSPS) is 40.6. The largest absolute Gasteiger partial charge is 0.497 e. The SMILES string of the molecule is C=C[C@@H]1CC[C@@H](C=C)C12C[C@](C(=O)O[C@@H]1[C@H]3OC(C)(C)O[C@H]3O[C@@H]1[C@H]1COC(C)(C)O1)(C1Cc3ccc(OC)cc31)C(=O)O2. The van der Waals surface area contributed by atoms with Gasteiger partial charge in [-0.3, -0.25) is 9.59 Å². The molecule has 44 heavy (non-hydrogen) atoms. The van der Waals surface area contributed by atoms with Crippen molar-refractivity contribution in [2.75, 3.05) is 13.7 Å². The van der Waals surface area contributed by atoms with Crippen LogP contribution in [0.25, 0.3) is 0 Å². The number of hydrogen-bond donors (Lipinski definition) is 0. The van der Waals surface area contributed by atoms with Crippen molar-refractivity contribution in [3.8, 4) is 5.75 Å². The third kappa shape index (κ3) is 4.32. The lowest BCUT2D eigenvalue weighted by atomic mass is 9.58. The fourth-order valence-corrected chi connectivity index (χ4v) is 8.43. The van der Waals surface area contributed by atoms with E-state index >= 15 is 0 Å². The molecule has 9 atom stereocenters. The maximum absolute atomic E-state index is 14.9. The van der Waals surface area contributed by atoms with Crippen LogP contribution in [0.1, 0.15) is 64.0 Å². The lowest BCUT2D eigenvalue weighted by Gasteiger charge is -2.42. The van der Waals surface area contributed by atoms with Gasteiger partial charge in [-0.15, -0.1) is 13.2 Å². The van der Waals surface area contributed by atoms with Crippen LogP contribution in [-0.4, -0.2) is 73.5 Å². The molecular weight excluding hydrogens is 568 g/mol. The van der Waals surface area contributed by atoms with Gasteiger partial charge in [-0.05, 0) is 70.2 Å². The summed E-state index contributed by atoms with van der Waals surface area (Å²) in [5, 5.41) is 0. The summed E-state index contributed by atoms with van der Waals surface area (Å²) >= 11 is 0. The molecule has 1 spiro atoms. The maximum atomic E-state index is 14.9. The molecule has 0 bridgehead atoms. The van der Waals surface area contributed by atoms with Gasteiger partial charge in [0, 0.05) is 24.2 Å². The highest BCUT2D eigenvalue weighted by Gasteiger charge is 2.72. The summed E-state index contributed by atoms with van der Waals surface area (Å²) < 4.78 is 48.8. The molecule has 10 nitrogen and oxygen atoms in total. The Morgan fingerprint density at radius 2 is 1.73 bits per heavy atom. The first kappa shape index (κ1) is 29.9. The number of esters is 2. The van der Waals surface area contributed by atoms with Crippen molar-refractivity contribution in [1.82, 2.24) is 0 Å². The number of carbonyl (C=O) groups is 2. The van der Waals surface area contributed by atoms with Gasteiger partial charge in [0.25, 0.3) is 0 Å². The summed E-state index contributed by atoms with van der Waals surface area (Å²) in [6.45, 7) is 15.5. The van der Waals surface area contributed by atoms with Gasteiger partial charge >= 0.3 is 11.9 Å². The molecule has 10 heteroatoms. The highest BCUT2D eigenvalue weighted by Crippen LogP contribution is 2.63. The van der Waals surface area contributed by atoms with Gasteiger partial charge in [-0.25, -0.2) is 0 Å². The summed E-state index contributed by atoms with van der Waals surface area (Å²) in [7, 11) is 1.60. The van der Waals surface area contributed by atoms with Gasteiger partial charge in [0.1, 0.15) is 23.6 Å². The Morgan fingerprint density at radius 1 is 1.00 bits per heavy atom. The Bertz CT molecular complexity index is 1370. The summed E-state index contributed by atoms with van der Waals surface area (Å²) in [6, 6.07) is 5.77. The highest BCUT2D eigenvalue weighted by molar-refractivity contribution is 6.03. The lowest BCUT2D eigenvalue weighted by Crippen LogP contribution is -2.52. The second-order valence-electron chi connectivity index (χ2n) is 13.9. The predicted octanol–water partition coefficient (Wildman–Crippen LogP) is 4.34. The van der Waals surface area contributed by atoms with Crippen LogP contribution in [0.2, 0.25) is 0 Å². The van der Waals surface area contributed by atoms with E-state index in [0.717, 1.165) is 24.0 Å². The molecule has 0 N–H and O–H groups in total. The maximum Gasteiger partial charge on any atom is 0.324 e. The van der Waals surface area contributed by atoms with E-state index in [9.17, 15) is 9.59 Å². The molecule has 0 amide bonds. The molecule has 2 aliphatic carbocycles. The topological polar surface area (TPSA) is 108 Å². The van der Waals surface area contributed by atoms with E-state index < -0.39 is 71.2 Å². The van der Waals surface area contributed by atoms with Crippen molar-refractivity contribution >= 4 is 11.9 Å². The monoisotopic (exact) mass is 610 g/mol. The Kier molecular flexibility index (Phi) is 6.88. The average Bonchev–Trinajstić information content (AvgIpc) is 3.73. The van der Waals surface area contributed by atoms with Crippen molar-refractivity contribution in [3.05, 3.63) is 54.6 Å². The Hall–Kier alpha value is -2.76. The number of hydrogen-bond acceptors (Lipinski definition) is 10. The summed E-state index contributed by atoms with van der Waals surface area (Å²) in [5.74, 6) is -3.10. The zero-order valence-electron chi connectivity index (χ0n) is 26.0. The predicted molar refractivity (Wildman–Crippen MR) is 155 cm³/mol. The van der Waals surface area contributed by atoms with E-state index in [1.54, 1.807) is 21.0 Å². The average molecular weight is 611 g/mol. The fourth-order valence-electron chi connectivity index (χ4n) is 8.43. The first-order valence-corrected chi connectivity index (χ1v) is 15.6. The van der Waals surface area contributed by atoms with Crippen molar-refractivity contribution < 1.29 is 47.5 Å². The molecule has 1 saturated carbocycles. The molecule has 1 aromatic carbocycles. The number of fused-ring (bicyclic) bond motifs is 2. The van der Waals surface area contributed by atoms with Gasteiger partial charge in [0.05, 0.1) is 13.7 Å². The van der Waals surface area contributed by atoms with E-state index in [1.807, 2.05) is 44.2 Å². The smallest absolute Gasteiger partial charge is 0.324 e. The van der Waals surface area contributed by atoms with Crippen molar-refractivity contribution in [1.29, 1.82) is 0 Å². The van der Waals surface area contributed by atoms with Gasteiger partial charge in [0.2, 0.25) is 0 Å². The Morgan fingerprint density at radius 3 is 2.36 bits per heavy atom. The number of carbonyl (C=O) groups excluding carboxylic acids is 2. The molecule has 4 saturated heterocycles. The van der Waals surface area contributed by atoms with Gasteiger partial charge in [0.15, 0.2) is 35.5 Å². The van der Waals surface area contributed by atoms with Crippen LogP contribution in [0.5, 0.6) is 5.75 Å². The molecular formula is C34H42O10. The van der Waals surface area contributed by atoms with Crippen molar-refractivity contribution in [3.63, 3.8) is 0 Å². The number of benzene rings is 1. The molecule has 5 fully saturated rings. The quantitative estimate of drug-likeness (QED) is 0.251. The second kappa shape index (κ2) is 10.1. The summed E-state index contributed by atoms with van der Waals surface area (Å²) in [4.78, 5) is 29.3. The standard InChI is InChI=1S/C34H42O10/c1-8-19-11-12-20(9-2)34(19)17-33(30(36)44-34,23-14-18-10-13-21(37-7)15-22(18)23)29(35)40-26-25(24-16-38-31(3,4)41-24)39-28-27(26)42-32(5,6)43-28/h8-10,13,15,19-20,23-28H,1-2,11-12,14,16-17H2,3-7H3/t19-,20-,23?,24-,25-,26+,27-,28-,33-/m1/s1. The van der Waals surface area contributed by atoms with E-state index in [2.05, 4.69) is 13.2 Å². The molecule has 1 aromatic rings. The first-order chi connectivity index (χ1) is 20.9. The number of rotatable bonds is 7. The minimum Gasteiger partial charge on any atom is -0.497 e. The van der Waals surface area contributed by atoms with Gasteiger partial charge < -0.3 is 37.9 Å². The zero-order valence-corrected chi connectivity index (χ0v) is 26.0. The summed E-state index contributed by atoms with van der Waals surface area (Å²) in [6.07, 6.45) is 2.21. The number of ether oxygens (including phenoxy) is 8. The van der Waals surface area contributed by atoms with Gasteiger partial charge in [-0.2, -0.15) is 0 Å². The Balaban J connectivity index is 1.28. The van der Waals surface area contributed by atoms with Crippen LogP contribution in [0.3, 0.4) is 0 Å². The minimum atomic E-state index is -1.61. The molecule has 6 aliphatic rings. The van der Waals surface area contributed by atoms with Crippen LogP contribution in [-0.2, 0) is 49.2 Å². The molecule has 0 radical (unpaired) electrons.